The average molecular weight is 277 g/mol. The highest BCUT2D eigenvalue weighted by Gasteiger charge is 2.34. The van der Waals surface area contributed by atoms with Crippen molar-refractivity contribution in [2.24, 2.45) is 5.41 Å². The lowest BCUT2D eigenvalue weighted by atomic mass is 9.87. The molecule has 1 atom stereocenters. The zero-order chi connectivity index (χ0) is 14.6. The summed E-state index contributed by atoms with van der Waals surface area (Å²) < 4.78 is 10.9. The molecule has 1 aliphatic rings. The Morgan fingerprint density at radius 2 is 2.10 bits per heavy atom. The van der Waals surface area contributed by atoms with E-state index in [0.29, 0.717) is 24.7 Å². The van der Waals surface area contributed by atoms with Crippen LogP contribution in [-0.2, 0) is 4.74 Å². The van der Waals surface area contributed by atoms with Crippen LogP contribution < -0.4 is 10.1 Å². The lowest BCUT2D eigenvalue weighted by Gasteiger charge is -2.29. The van der Waals surface area contributed by atoms with Gasteiger partial charge in [0.2, 0.25) is 0 Å². The Kier molecular flexibility index (Phi) is 4.92. The van der Waals surface area contributed by atoms with Gasteiger partial charge in [0.05, 0.1) is 12.3 Å². The third-order valence-electron chi connectivity index (χ3n) is 4.27. The van der Waals surface area contributed by atoms with Crippen LogP contribution >= 0.6 is 0 Å². The van der Waals surface area contributed by atoms with Gasteiger partial charge in [-0.25, -0.2) is 0 Å². The maximum atomic E-state index is 5.85. The molecule has 20 heavy (non-hydrogen) atoms. The van der Waals surface area contributed by atoms with Crippen molar-refractivity contribution in [3.63, 3.8) is 0 Å². The van der Waals surface area contributed by atoms with Gasteiger partial charge in [-0.05, 0) is 42.9 Å². The Labute approximate surface area is 122 Å². The fourth-order valence-electron chi connectivity index (χ4n) is 2.89. The third-order valence-corrected chi connectivity index (χ3v) is 4.27. The van der Waals surface area contributed by atoms with E-state index < -0.39 is 0 Å². The topological polar surface area (TPSA) is 30.5 Å². The Morgan fingerprint density at radius 3 is 2.75 bits per heavy atom. The van der Waals surface area contributed by atoms with Crippen molar-refractivity contribution in [2.45, 2.75) is 46.1 Å². The van der Waals surface area contributed by atoms with Crippen LogP contribution in [0.3, 0.4) is 0 Å². The summed E-state index contributed by atoms with van der Waals surface area (Å²) in [5.74, 6) is 0.935. The quantitative estimate of drug-likeness (QED) is 0.797. The van der Waals surface area contributed by atoms with E-state index in [9.17, 15) is 0 Å². The van der Waals surface area contributed by atoms with Crippen LogP contribution in [0.2, 0.25) is 0 Å². The number of nitrogens with one attached hydrogen (secondary N) is 1. The van der Waals surface area contributed by atoms with E-state index in [-0.39, 0.29) is 0 Å². The number of aryl methyl sites for hydroxylation is 1. The molecule has 1 aromatic rings. The fraction of sp³-hybridized carbons (Fsp3) is 0.647. The van der Waals surface area contributed by atoms with Gasteiger partial charge in [-0.2, -0.15) is 0 Å². The maximum absolute atomic E-state index is 5.85. The molecule has 3 nitrogen and oxygen atoms in total. The van der Waals surface area contributed by atoms with E-state index in [1.807, 2.05) is 0 Å². The van der Waals surface area contributed by atoms with Gasteiger partial charge in [-0.3, -0.25) is 0 Å². The highest BCUT2D eigenvalue weighted by atomic mass is 16.5. The van der Waals surface area contributed by atoms with Crippen LogP contribution in [0.1, 0.15) is 38.7 Å². The maximum Gasteiger partial charge on any atom is 0.142 e. The molecule has 0 heterocycles. The van der Waals surface area contributed by atoms with Crippen LogP contribution in [-0.4, -0.2) is 26.4 Å². The largest absolute Gasteiger partial charge is 0.489 e. The van der Waals surface area contributed by atoms with Crippen molar-refractivity contribution in [3.8, 4) is 5.75 Å². The molecule has 0 bridgehead atoms. The molecule has 1 unspecified atom stereocenters. The summed E-state index contributed by atoms with van der Waals surface area (Å²) in [6.45, 7) is 7.98. The Balaban J connectivity index is 2.10. The van der Waals surface area contributed by atoms with Crippen LogP contribution in [0.25, 0.3) is 0 Å². The molecule has 0 spiro atoms. The molecular weight excluding hydrogens is 250 g/mol. The molecule has 2 rings (SSSR count). The summed E-state index contributed by atoms with van der Waals surface area (Å²) in [5.41, 5.74) is 2.68. The van der Waals surface area contributed by atoms with E-state index in [2.05, 4.69) is 44.3 Å². The second-order valence-electron chi connectivity index (χ2n) is 6.42. The smallest absolute Gasteiger partial charge is 0.142 e. The standard InChI is InChI=1S/C17H27NO2/c1-13-7-8-14(15(12-13)20-11-10-19-4)18-16-6-5-9-17(16,2)3/h7-8,12,16,18H,5-6,9-11H2,1-4H3. The normalized spacial score (nSPS) is 20.9. The first kappa shape index (κ1) is 15.2. The van der Waals surface area contributed by atoms with E-state index in [1.54, 1.807) is 7.11 Å². The van der Waals surface area contributed by atoms with Crippen molar-refractivity contribution in [2.75, 3.05) is 25.6 Å². The predicted molar refractivity (Wildman–Crippen MR) is 83.6 cm³/mol. The van der Waals surface area contributed by atoms with E-state index in [1.165, 1.54) is 24.8 Å². The lowest BCUT2D eigenvalue weighted by Crippen LogP contribution is -2.31. The van der Waals surface area contributed by atoms with Gasteiger partial charge in [0, 0.05) is 13.2 Å². The first-order valence-corrected chi connectivity index (χ1v) is 7.52. The van der Waals surface area contributed by atoms with E-state index in [4.69, 9.17) is 9.47 Å². The summed E-state index contributed by atoms with van der Waals surface area (Å²) in [5, 5.41) is 3.69. The van der Waals surface area contributed by atoms with Gasteiger partial charge in [0.15, 0.2) is 0 Å². The molecule has 3 heteroatoms. The van der Waals surface area contributed by atoms with E-state index >= 15 is 0 Å². The molecule has 1 fully saturated rings. The minimum absolute atomic E-state index is 0.356. The number of rotatable bonds is 6. The van der Waals surface area contributed by atoms with Crippen LogP contribution in [0.4, 0.5) is 5.69 Å². The van der Waals surface area contributed by atoms with Crippen molar-refractivity contribution in [1.82, 2.24) is 0 Å². The number of hydrogen-bond donors (Lipinski definition) is 1. The number of ether oxygens (including phenoxy) is 2. The lowest BCUT2D eigenvalue weighted by molar-refractivity contribution is 0.146. The molecule has 0 saturated heterocycles. The molecule has 1 aromatic carbocycles. The Hall–Kier alpha value is -1.22. The molecule has 0 aromatic heterocycles. The van der Waals surface area contributed by atoms with E-state index in [0.717, 1.165) is 11.4 Å². The minimum atomic E-state index is 0.356. The molecule has 1 saturated carbocycles. The van der Waals surface area contributed by atoms with Gasteiger partial charge < -0.3 is 14.8 Å². The zero-order valence-electron chi connectivity index (χ0n) is 13.2. The first-order valence-electron chi connectivity index (χ1n) is 7.52. The highest BCUT2D eigenvalue weighted by Crippen LogP contribution is 2.40. The highest BCUT2D eigenvalue weighted by molar-refractivity contribution is 5.58. The van der Waals surface area contributed by atoms with Crippen LogP contribution in [0, 0.1) is 12.3 Å². The molecule has 0 amide bonds. The Bertz CT molecular complexity index is 443. The monoisotopic (exact) mass is 277 g/mol. The van der Waals surface area contributed by atoms with Crippen LogP contribution in [0.5, 0.6) is 5.75 Å². The van der Waals surface area contributed by atoms with Gasteiger partial charge in [-0.1, -0.05) is 26.3 Å². The number of hydrogen-bond acceptors (Lipinski definition) is 3. The molecule has 1 N–H and O–H groups in total. The summed E-state index contributed by atoms with van der Waals surface area (Å²) in [7, 11) is 1.69. The van der Waals surface area contributed by atoms with Gasteiger partial charge in [-0.15, -0.1) is 0 Å². The van der Waals surface area contributed by atoms with Crippen LogP contribution in [0.15, 0.2) is 18.2 Å². The summed E-state index contributed by atoms with van der Waals surface area (Å²) in [4.78, 5) is 0. The Morgan fingerprint density at radius 1 is 1.30 bits per heavy atom. The number of methoxy groups -OCH3 is 1. The van der Waals surface area contributed by atoms with Crippen molar-refractivity contribution >= 4 is 5.69 Å². The fourth-order valence-corrected chi connectivity index (χ4v) is 2.89. The van der Waals surface area contributed by atoms with Gasteiger partial charge in [0.1, 0.15) is 12.4 Å². The second kappa shape index (κ2) is 6.49. The van der Waals surface area contributed by atoms with Crippen molar-refractivity contribution in [1.29, 1.82) is 0 Å². The summed E-state index contributed by atoms with van der Waals surface area (Å²) in [6.07, 6.45) is 3.82. The SMILES string of the molecule is COCCOc1cc(C)ccc1NC1CCCC1(C)C. The number of anilines is 1. The van der Waals surface area contributed by atoms with Crippen molar-refractivity contribution in [3.05, 3.63) is 23.8 Å². The molecule has 0 radical (unpaired) electrons. The summed E-state index contributed by atoms with van der Waals surface area (Å²) in [6, 6.07) is 6.88. The minimum Gasteiger partial charge on any atom is -0.489 e. The third kappa shape index (κ3) is 3.66. The molecule has 0 aliphatic heterocycles. The van der Waals surface area contributed by atoms with Gasteiger partial charge >= 0.3 is 0 Å². The second-order valence-corrected chi connectivity index (χ2v) is 6.42. The average Bonchev–Trinajstić information content (AvgIpc) is 2.72. The zero-order valence-corrected chi connectivity index (χ0v) is 13.2. The van der Waals surface area contributed by atoms with Crippen molar-refractivity contribution < 1.29 is 9.47 Å². The predicted octanol–water partition coefficient (Wildman–Crippen LogP) is 4.01. The summed E-state index contributed by atoms with van der Waals surface area (Å²) >= 11 is 0. The van der Waals surface area contributed by atoms with Gasteiger partial charge in [0.25, 0.3) is 0 Å². The first-order chi connectivity index (χ1) is 9.53. The molecule has 1 aliphatic carbocycles. The molecule has 112 valence electrons. The molecular formula is C17H27NO2. The number of benzene rings is 1.